The molecule has 0 bridgehead atoms. The molecule has 3 heteroatoms. The Morgan fingerprint density at radius 3 is 2.32 bits per heavy atom. The van der Waals surface area contributed by atoms with E-state index in [1.54, 1.807) is 0 Å². The summed E-state index contributed by atoms with van der Waals surface area (Å²) < 4.78 is 27.0. The van der Waals surface area contributed by atoms with Crippen LogP contribution in [0.25, 0.3) is 0 Å². The van der Waals surface area contributed by atoms with Crippen molar-refractivity contribution in [1.29, 1.82) is 0 Å². The number of hydrogen-bond acceptors (Lipinski definition) is 1. The quantitative estimate of drug-likeness (QED) is 0.833. The minimum Gasteiger partial charge on any atom is -0.310 e. The Bertz CT molecular complexity index is 377. The van der Waals surface area contributed by atoms with Crippen molar-refractivity contribution in [2.24, 2.45) is 5.92 Å². The Hall–Kier alpha value is -0.960. The number of nitrogens with one attached hydrogen (secondary N) is 1. The Kier molecular flexibility index (Phi) is 5.32. The van der Waals surface area contributed by atoms with Crippen LogP contribution < -0.4 is 5.32 Å². The molecule has 0 amide bonds. The van der Waals surface area contributed by atoms with Crippen molar-refractivity contribution >= 4 is 0 Å². The molecule has 1 aromatic rings. The van der Waals surface area contributed by atoms with Crippen molar-refractivity contribution < 1.29 is 8.78 Å². The summed E-state index contributed by atoms with van der Waals surface area (Å²) in [4.78, 5) is 0. The van der Waals surface area contributed by atoms with Crippen LogP contribution >= 0.6 is 0 Å². The first-order valence-electron chi connectivity index (χ1n) is 7.37. The molecule has 1 aromatic carbocycles. The van der Waals surface area contributed by atoms with Crippen molar-refractivity contribution in [3.05, 3.63) is 35.4 Å². The molecule has 1 N–H and O–H groups in total. The van der Waals surface area contributed by atoms with E-state index >= 15 is 0 Å². The van der Waals surface area contributed by atoms with Crippen molar-refractivity contribution in [3.63, 3.8) is 0 Å². The summed E-state index contributed by atoms with van der Waals surface area (Å²) in [6.07, 6.45) is 7.30. The summed E-state index contributed by atoms with van der Waals surface area (Å²) in [6.45, 7) is 2.52. The van der Waals surface area contributed by atoms with Crippen LogP contribution in [0.2, 0.25) is 0 Å². The average molecular weight is 267 g/mol. The second-order valence-electron chi connectivity index (χ2n) is 5.59. The van der Waals surface area contributed by atoms with Gasteiger partial charge in [-0.25, -0.2) is 8.78 Å². The highest BCUT2D eigenvalue weighted by atomic mass is 19.1. The zero-order valence-electron chi connectivity index (χ0n) is 11.6. The van der Waals surface area contributed by atoms with Crippen LogP contribution in [-0.2, 0) is 6.54 Å². The minimum absolute atomic E-state index is 0.165. The first kappa shape index (κ1) is 14.4. The maximum absolute atomic E-state index is 13.5. The van der Waals surface area contributed by atoms with Gasteiger partial charge >= 0.3 is 0 Å². The summed E-state index contributed by atoms with van der Waals surface area (Å²) in [6, 6.07) is 4.45. The second-order valence-corrected chi connectivity index (χ2v) is 5.59. The Morgan fingerprint density at radius 2 is 1.74 bits per heavy atom. The van der Waals surface area contributed by atoms with E-state index in [9.17, 15) is 8.78 Å². The first-order chi connectivity index (χ1) is 9.20. The Labute approximate surface area is 114 Å². The van der Waals surface area contributed by atoms with Crippen molar-refractivity contribution in [1.82, 2.24) is 5.32 Å². The molecule has 0 unspecified atom stereocenters. The largest absolute Gasteiger partial charge is 0.310 e. The van der Waals surface area contributed by atoms with E-state index in [0.717, 1.165) is 18.8 Å². The number of benzene rings is 1. The van der Waals surface area contributed by atoms with Gasteiger partial charge in [-0.05, 0) is 43.7 Å². The molecule has 0 aromatic heterocycles. The van der Waals surface area contributed by atoms with Gasteiger partial charge in [0.1, 0.15) is 11.6 Å². The smallest absolute Gasteiger partial charge is 0.130 e. The zero-order valence-corrected chi connectivity index (χ0v) is 11.6. The number of rotatable bonds is 5. The van der Waals surface area contributed by atoms with Gasteiger partial charge in [-0.3, -0.25) is 0 Å². The predicted octanol–water partition coefficient (Wildman–Crippen LogP) is 4.41. The summed E-state index contributed by atoms with van der Waals surface area (Å²) in [5, 5.41) is 3.30. The van der Waals surface area contributed by atoms with Crippen LogP contribution in [0.15, 0.2) is 18.2 Å². The highest BCUT2D eigenvalue weighted by Crippen LogP contribution is 2.28. The van der Waals surface area contributed by atoms with Crippen LogP contribution in [0.3, 0.4) is 0 Å². The topological polar surface area (TPSA) is 12.0 Å². The van der Waals surface area contributed by atoms with Crippen LogP contribution in [0.4, 0.5) is 8.78 Å². The molecule has 1 saturated carbocycles. The molecular formula is C16H23F2N. The minimum atomic E-state index is -0.452. The molecule has 0 heterocycles. The van der Waals surface area contributed by atoms with Gasteiger partial charge < -0.3 is 5.32 Å². The van der Waals surface area contributed by atoms with Gasteiger partial charge in [0.15, 0.2) is 0 Å². The van der Waals surface area contributed by atoms with E-state index in [1.165, 1.54) is 43.9 Å². The van der Waals surface area contributed by atoms with Crippen molar-refractivity contribution in [2.45, 2.75) is 58.0 Å². The lowest BCUT2D eigenvalue weighted by atomic mass is 9.83. The lowest BCUT2D eigenvalue weighted by Crippen LogP contribution is -2.33. The van der Waals surface area contributed by atoms with Gasteiger partial charge in [-0.2, -0.15) is 0 Å². The van der Waals surface area contributed by atoms with E-state index in [0.29, 0.717) is 12.6 Å². The molecule has 0 spiro atoms. The number of halogens is 2. The summed E-state index contributed by atoms with van der Waals surface area (Å²) in [5.41, 5.74) is 0.165. The number of hydrogen-bond donors (Lipinski definition) is 1. The third-order valence-electron chi connectivity index (χ3n) is 4.17. The molecule has 0 radical (unpaired) electrons. The summed E-state index contributed by atoms with van der Waals surface area (Å²) in [5.74, 6) is -0.0485. The molecule has 1 aliphatic carbocycles. The molecule has 2 rings (SSSR count). The van der Waals surface area contributed by atoms with Gasteiger partial charge in [0.2, 0.25) is 0 Å². The lowest BCUT2D eigenvalue weighted by Gasteiger charge is -2.29. The normalized spacial score (nSPS) is 23.5. The monoisotopic (exact) mass is 267 g/mol. The average Bonchev–Trinajstić information content (AvgIpc) is 2.40. The zero-order chi connectivity index (χ0) is 13.7. The van der Waals surface area contributed by atoms with Crippen LogP contribution in [0.1, 0.15) is 51.0 Å². The summed E-state index contributed by atoms with van der Waals surface area (Å²) in [7, 11) is 0. The fourth-order valence-electron chi connectivity index (χ4n) is 3.01. The standard InChI is InChI=1S/C16H23F2N/c1-2-4-12-7-9-13(10-8-12)19-11-14-15(17)5-3-6-16(14)18/h3,5-6,12-13,19H,2,4,7-11H2,1H3. The molecule has 0 aliphatic heterocycles. The fraction of sp³-hybridized carbons (Fsp3) is 0.625. The van der Waals surface area contributed by atoms with E-state index in [4.69, 9.17) is 0 Å². The third kappa shape index (κ3) is 4.00. The predicted molar refractivity (Wildman–Crippen MR) is 73.9 cm³/mol. The van der Waals surface area contributed by atoms with Gasteiger partial charge in [0.25, 0.3) is 0 Å². The van der Waals surface area contributed by atoms with Crippen LogP contribution in [0, 0.1) is 17.6 Å². The van der Waals surface area contributed by atoms with E-state index < -0.39 is 11.6 Å². The highest BCUT2D eigenvalue weighted by molar-refractivity contribution is 5.19. The molecule has 0 saturated heterocycles. The fourth-order valence-corrected chi connectivity index (χ4v) is 3.01. The van der Waals surface area contributed by atoms with Gasteiger partial charge in [0, 0.05) is 18.2 Å². The van der Waals surface area contributed by atoms with Crippen LogP contribution in [0.5, 0.6) is 0 Å². The second kappa shape index (κ2) is 6.99. The third-order valence-corrected chi connectivity index (χ3v) is 4.17. The van der Waals surface area contributed by atoms with Gasteiger partial charge in [-0.15, -0.1) is 0 Å². The SMILES string of the molecule is CCCC1CCC(NCc2c(F)cccc2F)CC1. The Morgan fingerprint density at radius 1 is 1.11 bits per heavy atom. The van der Waals surface area contributed by atoms with Gasteiger partial charge in [-0.1, -0.05) is 25.8 Å². The van der Waals surface area contributed by atoms with Gasteiger partial charge in [0.05, 0.1) is 0 Å². The molecule has 19 heavy (non-hydrogen) atoms. The molecule has 1 aliphatic rings. The molecule has 106 valence electrons. The summed E-state index contributed by atoms with van der Waals surface area (Å²) >= 11 is 0. The first-order valence-corrected chi connectivity index (χ1v) is 7.37. The maximum Gasteiger partial charge on any atom is 0.130 e. The lowest BCUT2D eigenvalue weighted by molar-refractivity contribution is 0.276. The van der Waals surface area contributed by atoms with E-state index in [-0.39, 0.29) is 5.56 Å². The van der Waals surface area contributed by atoms with E-state index in [1.807, 2.05) is 0 Å². The van der Waals surface area contributed by atoms with E-state index in [2.05, 4.69) is 12.2 Å². The molecule has 0 atom stereocenters. The van der Waals surface area contributed by atoms with Crippen molar-refractivity contribution in [2.75, 3.05) is 0 Å². The molecular weight excluding hydrogens is 244 g/mol. The molecule has 1 nitrogen and oxygen atoms in total. The Balaban J connectivity index is 1.81. The van der Waals surface area contributed by atoms with Crippen LogP contribution in [-0.4, -0.2) is 6.04 Å². The molecule has 1 fully saturated rings. The van der Waals surface area contributed by atoms with Crippen molar-refractivity contribution in [3.8, 4) is 0 Å². The highest BCUT2D eigenvalue weighted by Gasteiger charge is 2.20. The maximum atomic E-state index is 13.5.